The van der Waals surface area contributed by atoms with Crippen LogP contribution in [0.3, 0.4) is 0 Å². The normalized spacial score (nSPS) is 11.6. The highest BCUT2D eigenvalue weighted by molar-refractivity contribution is 4.97. The van der Waals surface area contributed by atoms with Crippen LogP contribution >= 0.6 is 0 Å². The van der Waals surface area contributed by atoms with Crippen LogP contribution in [-0.4, -0.2) is 15.0 Å². The summed E-state index contributed by atoms with van der Waals surface area (Å²) in [7, 11) is 0. The molecule has 3 heteroatoms. The Bertz CT molecular complexity index is 263. The summed E-state index contributed by atoms with van der Waals surface area (Å²) in [5, 5.41) is 8.23. The Hall–Kier alpha value is -0.860. The van der Waals surface area contributed by atoms with Crippen LogP contribution in [-0.2, 0) is 6.54 Å². The number of hydrogen-bond donors (Lipinski definition) is 0. The smallest absolute Gasteiger partial charge is 0.0852 e. The molecule has 1 aromatic heterocycles. The minimum Gasteiger partial charge on any atom is -0.252 e. The van der Waals surface area contributed by atoms with Crippen LogP contribution in [0.15, 0.2) is 6.20 Å². The van der Waals surface area contributed by atoms with Gasteiger partial charge in [-0.3, -0.25) is 4.68 Å². The van der Waals surface area contributed by atoms with Crippen molar-refractivity contribution in [2.75, 3.05) is 0 Å². The summed E-state index contributed by atoms with van der Waals surface area (Å²) >= 11 is 0. The van der Waals surface area contributed by atoms with Crippen molar-refractivity contribution in [3.63, 3.8) is 0 Å². The maximum Gasteiger partial charge on any atom is 0.0852 e. The molecule has 14 heavy (non-hydrogen) atoms. The second-order valence-electron chi connectivity index (χ2n) is 4.60. The van der Waals surface area contributed by atoms with Crippen molar-refractivity contribution in [2.45, 2.75) is 53.0 Å². The minimum absolute atomic E-state index is 0.480. The van der Waals surface area contributed by atoms with E-state index in [4.69, 9.17) is 0 Å². The number of aryl methyl sites for hydroxylation is 1. The topological polar surface area (TPSA) is 30.7 Å². The van der Waals surface area contributed by atoms with E-state index in [1.54, 1.807) is 0 Å². The Labute approximate surface area is 86.5 Å². The van der Waals surface area contributed by atoms with E-state index in [9.17, 15) is 0 Å². The first-order valence-electron chi connectivity index (χ1n) is 5.49. The van der Waals surface area contributed by atoms with E-state index in [0.29, 0.717) is 5.92 Å². The molecule has 0 aliphatic heterocycles. The predicted octanol–water partition coefficient (Wildman–Crippen LogP) is 2.84. The Balaban J connectivity index is 2.36. The molecule has 0 aliphatic rings. The van der Waals surface area contributed by atoms with Gasteiger partial charge >= 0.3 is 0 Å². The number of nitrogens with zero attached hydrogens (tertiary/aromatic N) is 3. The van der Waals surface area contributed by atoms with Gasteiger partial charge in [-0.2, -0.15) is 0 Å². The van der Waals surface area contributed by atoms with Crippen molar-refractivity contribution in [1.82, 2.24) is 15.0 Å². The molecule has 1 aromatic rings. The van der Waals surface area contributed by atoms with E-state index in [-0.39, 0.29) is 0 Å². The molecule has 0 saturated carbocycles. The Morgan fingerprint density at radius 3 is 2.50 bits per heavy atom. The average molecular weight is 195 g/mol. The van der Waals surface area contributed by atoms with Crippen LogP contribution in [0.4, 0.5) is 0 Å². The van der Waals surface area contributed by atoms with E-state index in [0.717, 1.165) is 18.2 Å². The Morgan fingerprint density at radius 2 is 2.00 bits per heavy atom. The van der Waals surface area contributed by atoms with Crippen molar-refractivity contribution < 1.29 is 0 Å². The highest BCUT2D eigenvalue weighted by Crippen LogP contribution is 2.10. The maximum absolute atomic E-state index is 4.13. The van der Waals surface area contributed by atoms with Crippen molar-refractivity contribution in [2.24, 2.45) is 5.92 Å². The molecule has 0 saturated heterocycles. The second-order valence-corrected chi connectivity index (χ2v) is 4.60. The van der Waals surface area contributed by atoms with Gasteiger partial charge in [0.05, 0.1) is 5.69 Å². The van der Waals surface area contributed by atoms with Gasteiger partial charge in [0.1, 0.15) is 0 Å². The maximum atomic E-state index is 4.13. The zero-order valence-corrected chi connectivity index (χ0v) is 9.70. The largest absolute Gasteiger partial charge is 0.252 e. The van der Waals surface area contributed by atoms with Gasteiger partial charge in [-0.15, -0.1) is 5.10 Å². The molecule has 0 aliphatic carbocycles. The SMILES string of the molecule is CC(C)CCCn1cc(C(C)C)nn1. The first kappa shape index (κ1) is 11.2. The van der Waals surface area contributed by atoms with Crippen LogP contribution in [0.2, 0.25) is 0 Å². The zero-order chi connectivity index (χ0) is 10.6. The molecular weight excluding hydrogens is 174 g/mol. The first-order valence-corrected chi connectivity index (χ1v) is 5.49. The van der Waals surface area contributed by atoms with Gasteiger partial charge in [0.15, 0.2) is 0 Å². The molecule has 1 heterocycles. The van der Waals surface area contributed by atoms with Crippen molar-refractivity contribution in [1.29, 1.82) is 0 Å². The van der Waals surface area contributed by atoms with Gasteiger partial charge in [-0.05, 0) is 24.7 Å². The van der Waals surface area contributed by atoms with Gasteiger partial charge < -0.3 is 0 Å². The molecule has 80 valence electrons. The summed E-state index contributed by atoms with van der Waals surface area (Å²) in [6.45, 7) is 9.78. The Kier molecular flexibility index (Phi) is 4.11. The third kappa shape index (κ3) is 3.48. The summed E-state index contributed by atoms with van der Waals surface area (Å²) < 4.78 is 1.96. The highest BCUT2D eigenvalue weighted by atomic mass is 15.4. The monoisotopic (exact) mass is 195 g/mol. The van der Waals surface area contributed by atoms with Gasteiger partial charge in [-0.1, -0.05) is 32.9 Å². The van der Waals surface area contributed by atoms with E-state index in [1.165, 1.54) is 12.8 Å². The molecule has 1 rings (SSSR count). The number of aromatic nitrogens is 3. The van der Waals surface area contributed by atoms with E-state index in [1.807, 2.05) is 4.68 Å². The lowest BCUT2D eigenvalue weighted by atomic mass is 10.1. The minimum atomic E-state index is 0.480. The molecule has 0 fully saturated rings. The lowest BCUT2D eigenvalue weighted by Gasteiger charge is -2.03. The van der Waals surface area contributed by atoms with Gasteiger partial charge in [0, 0.05) is 12.7 Å². The fraction of sp³-hybridized carbons (Fsp3) is 0.818. The molecule has 0 bridgehead atoms. The van der Waals surface area contributed by atoms with Crippen LogP contribution in [0.25, 0.3) is 0 Å². The Morgan fingerprint density at radius 1 is 1.29 bits per heavy atom. The summed E-state index contributed by atoms with van der Waals surface area (Å²) in [5.41, 5.74) is 1.09. The molecule has 0 aromatic carbocycles. The third-order valence-corrected chi connectivity index (χ3v) is 2.32. The molecule has 0 atom stereocenters. The average Bonchev–Trinajstić information content (AvgIpc) is 2.52. The van der Waals surface area contributed by atoms with Gasteiger partial charge in [-0.25, -0.2) is 0 Å². The van der Waals surface area contributed by atoms with Crippen molar-refractivity contribution in [3.05, 3.63) is 11.9 Å². The fourth-order valence-corrected chi connectivity index (χ4v) is 1.35. The molecule has 3 nitrogen and oxygen atoms in total. The third-order valence-electron chi connectivity index (χ3n) is 2.32. The van der Waals surface area contributed by atoms with Gasteiger partial charge in [0.25, 0.3) is 0 Å². The summed E-state index contributed by atoms with van der Waals surface area (Å²) in [5.74, 6) is 1.26. The van der Waals surface area contributed by atoms with Crippen LogP contribution in [0.5, 0.6) is 0 Å². The van der Waals surface area contributed by atoms with Crippen LogP contribution in [0.1, 0.15) is 52.1 Å². The standard InChI is InChI=1S/C11H21N3/c1-9(2)6-5-7-14-8-11(10(3)4)12-13-14/h8-10H,5-7H2,1-4H3. The van der Waals surface area contributed by atoms with Crippen molar-refractivity contribution >= 4 is 0 Å². The zero-order valence-electron chi connectivity index (χ0n) is 9.70. The van der Waals surface area contributed by atoms with Crippen LogP contribution < -0.4 is 0 Å². The summed E-state index contributed by atoms with van der Waals surface area (Å²) in [4.78, 5) is 0. The first-order chi connectivity index (χ1) is 6.59. The number of hydrogen-bond acceptors (Lipinski definition) is 2. The quantitative estimate of drug-likeness (QED) is 0.723. The lowest BCUT2D eigenvalue weighted by molar-refractivity contribution is 0.482. The lowest BCUT2D eigenvalue weighted by Crippen LogP contribution is -2.00. The van der Waals surface area contributed by atoms with E-state index >= 15 is 0 Å². The molecule has 0 unspecified atom stereocenters. The summed E-state index contributed by atoms with van der Waals surface area (Å²) in [6.07, 6.45) is 4.51. The number of rotatable bonds is 5. The van der Waals surface area contributed by atoms with E-state index < -0.39 is 0 Å². The highest BCUT2D eigenvalue weighted by Gasteiger charge is 2.04. The van der Waals surface area contributed by atoms with Crippen LogP contribution in [0, 0.1) is 5.92 Å². The van der Waals surface area contributed by atoms with E-state index in [2.05, 4.69) is 44.2 Å². The molecule has 0 N–H and O–H groups in total. The van der Waals surface area contributed by atoms with Gasteiger partial charge in [0.2, 0.25) is 0 Å². The molecule has 0 spiro atoms. The molecular formula is C11H21N3. The fourth-order valence-electron chi connectivity index (χ4n) is 1.35. The molecule has 0 radical (unpaired) electrons. The second kappa shape index (κ2) is 5.13. The summed E-state index contributed by atoms with van der Waals surface area (Å²) in [6, 6.07) is 0. The predicted molar refractivity (Wildman–Crippen MR) is 58.2 cm³/mol. The van der Waals surface area contributed by atoms with Crippen molar-refractivity contribution in [3.8, 4) is 0 Å². The molecule has 0 amide bonds.